The second-order valence-corrected chi connectivity index (χ2v) is 6.19. The second-order valence-electron chi connectivity index (χ2n) is 6.19. The molecule has 4 atom stereocenters. The lowest BCUT2D eigenvalue weighted by Gasteiger charge is -2.36. The summed E-state index contributed by atoms with van der Waals surface area (Å²) >= 11 is 0. The van der Waals surface area contributed by atoms with Crippen molar-refractivity contribution in [1.82, 2.24) is 4.90 Å². The van der Waals surface area contributed by atoms with E-state index in [4.69, 9.17) is 5.73 Å². The van der Waals surface area contributed by atoms with Gasteiger partial charge in [0.1, 0.15) is 0 Å². The molecule has 16 heavy (non-hydrogen) atoms. The molecule has 2 fully saturated rings. The Labute approximate surface area is 101 Å². The van der Waals surface area contributed by atoms with Crippen LogP contribution in [0, 0.1) is 17.8 Å². The van der Waals surface area contributed by atoms with E-state index >= 15 is 0 Å². The topological polar surface area (TPSA) is 29.3 Å². The highest BCUT2D eigenvalue weighted by atomic mass is 15.1. The Bertz CT molecular complexity index is 217. The van der Waals surface area contributed by atoms with Gasteiger partial charge in [0.15, 0.2) is 0 Å². The average molecular weight is 224 g/mol. The maximum Gasteiger partial charge on any atom is 0.00676 e. The summed E-state index contributed by atoms with van der Waals surface area (Å²) in [6.45, 7) is 8.71. The Morgan fingerprint density at radius 1 is 1.12 bits per heavy atom. The fourth-order valence-electron chi connectivity index (χ4n) is 3.32. The monoisotopic (exact) mass is 224 g/mol. The number of piperidine rings is 1. The van der Waals surface area contributed by atoms with Gasteiger partial charge in [0.25, 0.3) is 0 Å². The van der Waals surface area contributed by atoms with Gasteiger partial charge in [0.2, 0.25) is 0 Å². The predicted octanol–water partition coefficient (Wildman–Crippen LogP) is 2.48. The number of hydrogen-bond acceptors (Lipinski definition) is 2. The van der Waals surface area contributed by atoms with Crippen LogP contribution in [0.5, 0.6) is 0 Å². The first kappa shape index (κ1) is 12.4. The van der Waals surface area contributed by atoms with Gasteiger partial charge >= 0.3 is 0 Å². The Morgan fingerprint density at radius 3 is 2.56 bits per heavy atom. The van der Waals surface area contributed by atoms with E-state index in [1.807, 2.05) is 0 Å². The minimum absolute atomic E-state index is 0.501. The molecule has 0 amide bonds. The van der Waals surface area contributed by atoms with Crippen molar-refractivity contribution in [2.45, 2.75) is 52.0 Å². The molecule has 0 aromatic rings. The summed E-state index contributed by atoms with van der Waals surface area (Å²) < 4.78 is 0. The molecule has 2 nitrogen and oxygen atoms in total. The van der Waals surface area contributed by atoms with Crippen molar-refractivity contribution in [2.24, 2.45) is 23.5 Å². The van der Waals surface area contributed by atoms with Crippen LogP contribution in [0.25, 0.3) is 0 Å². The molecule has 2 aliphatic rings. The van der Waals surface area contributed by atoms with Crippen LogP contribution >= 0.6 is 0 Å². The third-order valence-corrected chi connectivity index (χ3v) is 4.95. The summed E-state index contributed by atoms with van der Waals surface area (Å²) in [5, 5.41) is 0. The van der Waals surface area contributed by atoms with Gasteiger partial charge in [-0.1, -0.05) is 20.3 Å². The molecule has 1 saturated carbocycles. The summed E-state index contributed by atoms with van der Waals surface area (Å²) in [5.41, 5.74) is 6.13. The molecule has 2 heteroatoms. The minimum atomic E-state index is 0.501. The van der Waals surface area contributed by atoms with Gasteiger partial charge < -0.3 is 10.6 Å². The van der Waals surface area contributed by atoms with Crippen LogP contribution in [0.4, 0.5) is 0 Å². The highest BCUT2D eigenvalue weighted by molar-refractivity contribution is 4.82. The Morgan fingerprint density at radius 2 is 1.94 bits per heavy atom. The van der Waals surface area contributed by atoms with Crippen LogP contribution < -0.4 is 5.73 Å². The molecule has 1 aliphatic heterocycles. The van der Waals surface area contributed by atoms with E-state index in [9.17, 15) is 0 Å². The molecule has 1 aliphatic carbocycles. The quantitative estimate of drug-likeness (QED) is 0.798. The molecular formula is C14H28N2. The first-order valence-electron chi connectivity index (χ1n) is 7.14. The summed E-state index contributed by atoms with van der Waals surface area (Å²) in [4.78, 5) is 2.66. The van der Waals surface area contributed by atoms with E-state index in [2.05, 4.69) is 18.7 Å². The smallest absolute Gasteiger partial charge is 0.00676 e. The van der Waals surface area contributed by atoms with Crippen LogP contribution in [0.3, 0.4) is 0 Å². The van der Waals surface area contributed by atoms with E-state index in [0.717, 1.165) is 17.8 Å². The van der Waals surface area contributed by atoms with Gasteiger partial charge in [-0.05, 0) is 56.5 Å². The van der Waals surface area contributed by atoms with E-state index < -0.39 is 0 Å². The summed E-state index contributed by atoms with van der Waals surface area (Å²) in [6, 6.07) is 0.501. The molecule has 0 spiro atoms. The van der Waals surface area contributed by atoms with Crippen molar-refractivity contribution in [3.05, 3.63) is 0 Å². The first-order chi connectivity index (χ1) is 7.66. The zero-order valence-electron chi connectivity index (χ0n) is 11.0. The second kappa shape index (κ2) is 5.50. The van der Waals surface area contributed by atoms with Crippen LogP contribution in [0.15, 0.2) is 0 Å². The Kier molecular flexibility index (Phi) is 4.26. The number of nitrogens with zero attached hydrogens (tertiary/aromatic N) is 1. The van der Waals surface area contributed by atoms with Crippen LogP contribution in [-0.2, 0) is 0 Å². The molecule has 2 N–H and O–H groups in total. The van der Waals surface area contributed by atoms with Crippen molar-refractivity contribution in [2.75, 3.05) is 19.6 Å². The standard InChI is InChI=1S/C14H28N2/c1-11-6-8-16(10-12(11)2)9-7-13-4-3-5-14(13)15/h11-14H,3-10,15H2,1-2H3. The number of likely N-dealkylation sites (tertiary alicyclic amines) is 1. The summed E-state index contributed by atoms with van der Waals surface area (Å²) in [5.74, 6) is 2.62. The number of nitrogens with two attached hydrogens (primary N) is 1. The summed E-state index contributed by atoms with van der Waals surface area (Å²) in [7, 11) is 0. The molecule has 0 aromatic heterocycles. The fourth-order valence-corrected chi connectivity index (χ4v) is 3.32. The van der Waals surface area contributed by atoms with Gasteiger partial charge in [-0.2, -0.15) is 0 Å². The van der Waals surface area contributed by atoms with Crippen LogP contribution in [0.1, 0.15) is 46.0 Å². The Balaban J connectivity index is 1.70. The normalized spacial score (nSPS) is 41.4. The van der Waals surface area contributed by atoms with Gasteiger partial charge in [-0.15, -0.1) is 0 Å². The molecule has 4 unspecified atom stereocenters. The van der Waals surface area contributed by atoms with E-state index in [1.165, 1.54) is 51.7 Å². The lowest BCUT2D eigenvalue weighted by Crippen LogP contribution is -2.40. The Hall–Kier alpha value is -0.0800. The van der Waals surface area contributed by atoms with E-state index in [-0.39, 0.29) is 0 Å². The predicted molar refractivity (Wildman–Crippen MR) is 69.3 cm³/mol. The van der Waals surface area contributed by atoms with Crippen molar-refractivity contribution in [3.63, 3.8) is 0 Å². The SMILES string of the molecule is CC1CCN(CCC2CCCC2N)CC1C. The van der Waals surface area contributed by atoms with Gasteiger partial charge in [-0.3, -0.25) is 0 Å². The zero-order valence-corrected chi connectivity index (χ0v) is 11.0. The molecule has 1 saturated heterocycles. The lowest BCUT2D eigenvalue weighted by molar-refractivity contribution is 0.130. The van der Waals surface area contributed by atoms with Crippen molar-refractivity contribution in [1.29, 1.82) is 0 Å². The zero-order chi connectivity index (χ0) is 11.5. The minimum Gasteiger partial charge on any atom is -0.327 e. The maximum absolute atomic E-state index is 6.13. The van der Waals surface area contributed by atoms with Crippen LogP contribution in [0.2, 0.25) is 0 Å². The van der Waals surface area contributed by atoms with Crippen LogP contribution in [-0.4, -0.2) is 30.6 Å². The average Bonchev–Trinajstić information content (AvgIpc) is 2.66. The van der Waals surface area contributed by atoms with Gasteiger partial charge in [0.05, 0.1) is 0 Å². The van der Waals surface area contributed by atoms with E-state index in [0.29, 0.717) is 6.04 Å². The third kappa shape index (κ3) is 2.98. The highest BCUT2D eigenvalue weighted by Gasteiger charge is 2.26. The lowest BCUT2D eigenvalue weighted by atomic mass is 9.88. The van der Waals surface area contributed by atoms with Crippen molar-refractivity contribution in [3.8, 4) is 0 Å². The molecule has 0 bridgehead atoms. The molecule has 94 valence electrons. The molecule has 0 radical (unpaired) electrons. The third-order valence-electron chi connectivity index (χ3n) is 4.95. The molecular weight excluding hydrogens is 196 g/mol. The molecule has 0 aromatic carbocycles. The maximum atomic E-state index is 6.13. The largest absolute Gasteiger partial charge is 0.327 e. The first-order valence-corrected chi connectivity index (χ1v) is 7.14. The highest BCUT2D eigenvalue weighted by Crippen LogP contribution is 2.28. The van der Waals surface area contributed by atoms with Crippen molar-refractivity contribution < 1.29 is 0 Å². The fraction of sp³-hybridized carbons (Fsp3) is 1.00. The van der Waals surface area contributed by atoms with Crippen molar-refractivity contribution >= 4 is 0 Å². The number of hydrogen-bond donors (Lipinski definition) is 1. The molecule has 1 heterocycles. The number of rotatable bonds is 3. The van der Waals surface area contributed by atoms with E-state index in [1.54, 1.807) is 0 Å². The van der Waals surface area contributed by atoms with Gasteiger partial charge in [-0.25, -0.2) is 0 Å². The van der Waals surface area contributed by atoms with Gasteiger partial charge in [0, 0.05) is 12.6 Å². The molecule has 2 rings (SSSR count). The summed E-state index contributed by atoms with van der Waals surface area (Å²) in [6.07, 6.45) is 6.72.